The molecule has 0 saturated heterocycles. The van der Waals surface area contributed by atoms with E-state index in [0.29, 0.717) is 6.42 Å². The molecule has 2 atom stereocenters. The predicted molar refractivity (Wildman–Crippen MR) is 142 cm³/mol. The van der Waals surface area contributed by atoms with E-state index in [2.05, 4.69) is 6.58 Å². The maximum Gasteiger partial charge on any atom is 0.217 e. The van der Waals surface area contributed by atoms with E-state index in [-0.39, 0.29) is 19.0 Å². The van der Waals surface area contributed by atoms with Crippen LogP contribution < -0.4 is 9.47 Å². The van der Waals surface area contributed by atoms with Crippen LogP contribution in [0.15, 0.2) is 85.5 Å². The van der Waals surface area contributed by atoms with Crippen LogP contribution in [0.5, 0.6) is 11.5 Å². The van der Waals surface area contributed by atoms with E-state index in [1.54, 1.807) is 24.6 Å². The summed E-state index contributed by atoms with van der Waals surface area (Å²) in [7, 11) is -0.465. The third-order valence-corrected chi connectivity index (χ3v) is 8.69. The molecular formula is C29H35NO4S. The molecule has 0 aliphatic carbocycles. The van der Waals surface area contributed by atoms with Crippen LogP contribution in [0.25, 0.3) is 0 Å². The van der Waals surface area contributed by atoms with Crippen molar-refractivity contribution >= 4 is 10.0 Å². The Bertz CT molecular complexity index is 1150. The van der Waals surface area contributed by atoms with Gasteiger partial charge in [-0.3, -0.25) is 0 Å². The summed E-state index contributed by atoms with van der Waals surface area (Å²) in [6, 6.07) is 23.0. The third kappa shape index (κ3) is 6.53. The fourth-order valence-electron chi connectivity index (χ4n) is 4.30. The van der Waals surface area contributed by atoms with E-state index in [0.717, 1.165) is 33.8 Å². The lowest BCUT2D eigenvalue weighted by atomic mass is 9.90. The first-order chi connectivity index (χ1) is 16.8. The maximum atomic E-state index is 14.1. The quantitative estimate of drug-likeness (QED) is 0.286. The minimum Gasteiger partial charge on any atom is -0.497 e. The fourth-order valence-corrected chi connectivity index (χ4v) is 6.10. The highest BCUT2D eigenvalue weighted by Gasteiger charge is 2.35. The van der Waals surface area contributed by atoms with Crippen molar-refractivity contribution in [3.8, 4) is 11.5 Å². The maximum absolute atomic E-state index is 14.1. The number of nitrogens with zero attached hydrogens (tertiary/aromatic N) is 1. The minimum atomic E-state index is -3.69. The number of methoxy groups -OCH3 is 2. The number of benzene rings is 3. The lowest BCUT2D eigenvalue weighted by Gasteiger charge is -2.31. The zero-order valence-electron chi connectivity index (χ0n) is 21.0. The second-order valence-electron chi connectivity index (χ2n) is 8.70. The molecule has 5 nitrogen and oxygen atoms in total. The van der Waals surface area contributed by atoms with E-state index < -0.39 is 15.3 Å². The zero-order chi connectivity index (χ0) is 25.4. The first kappa shape index (κ1) is 26.5. The molecule has 186 valence electrons. The Kier molecular flexibility index (Phi) is 9.13. The number of rotatable bonds is 12. The SMILES string of the molecule is C=CC[C@@H](c1ccccc1C)C(C)S(=O)(=O)N(Cc1ccc(OC)cc1)Cc1ccc(OC)cc1. The van der Waals surface area contributed by atoms with Gasteiger partial charge in [0.05, 0.1) is 19.5 Å². The van der Waals surface area contributed by atoms with Gasteiger partial charge in [-0.1, -0.05) is 54.6 Å². The number of sulfonamides is 1. The van der Waals surface area contributed by atoms with Crippen LogP contribution in [-0.2, 0) is 23.1 Å². The molecule has 0 radical (unpaired) electrons. The molecule has 3 aromatic carbocycles. The Hall–Kier alpha value is -3.09. The van der Waals surface area contributed by atoms with Crippen molar-refractivity contribution < 1.29 is 17.9 Å². The molecule has 0 aliphatic rings. The average Bonchev–Trinajstić information content (AvgIpc) is 2.88. The summed E-state index contributed by atoms with van der Waals surface area (Å²) in [4.78, 5) is 0. The molecule has 6 heteroatoms. The lowest BCUT2D eigenvalue weighted by molar-refractivity contribution is 0.387. The molecule has 3 aromatic rings. The molecule has 0 amide bonds. The van der Waals surface area contributed by atoms with Gasteiger partial charge in [0.1, 0.15) is 11.5 Å². The van der Waals surface area contributed by atoms with Crippen LogP contribution >= 0.6 is 0 Å². The third-order valence-electron chi connectivity index (χ3n) is 6.44. The molecule has 0 saturated carbocycles. The van der Waals surface area contributed by atoms with Gasteiger partial charge in [-0.25, -0.2) is 8.42 Å². The smallest absolute Gasteiger partial charge is 0.217 e. The van der Waals surface area contributed by atoms with E-state index in [4.69, 9.17) is 9.47 Å². The molecular weight excluding hydrogens is 458 g/mol. The van der Waals surface area contributed by atoms with Gasteiger partial charge >= 0.3 is 0 Å². The molecule has 0 aromatic heterocycles. The van der Waals surface area contributed by atoms with Gasteiger partial charge in [0, 0.05) is 19.0 Å². The van der Waals surface area contributed by atoms with E-state index in [1.165, 1.54) is 0 Å². The predicted octanol–water partition coefficient (Wildman–Crippen LogP) is 6.09. The van der Waals surface area contributed by atoms with Gasteiger partial charge in [0.2, 0.25) is 10.0 Å². The van der Waals surface area contributed by atoms with Crippen molar-refractivity contribution in [3.05, 3.63) is 108 Å². The van der Waals surface area contributed by atoms with E-state index in [1.807, 2.05) is 86.6 Å². The topological polar surface area (TPSA) is 55.8 Å². The standard InChI is InChI=1S/C29H35NO4S/c1-6-9-29(28-11-8-7-10-22(28)2)23(3)35(31,32)30(20-24-12-16-26(33-4)17-13-24)21-25-14-18-27(34-5)19-15-25/h6-8,10-19,23,29H,1,9,20-21H2,2-5H3/t23?,29-/m1/s1. The number of aryl methyl sites for hydroxylation is 1. The van der Waals surface area contributed by atoms with Crippen LogP contribution in [0.2, 0.25) is 0 Å². The number of allylic oxidation sites excluding steroid dienone is 1. The molecule has 1 unspecified atom stereocenters. The summed E-state index contributed by atoms with van der Waals surface area (Å²) in [5.74, 6) is 1.27. The number of hydrogen-bond acceptors (Lipinski definition) is 4. The van der Waals surface area contributed by atoms with Gasteiger partial charge in [-0.05, 0) is 66.8 Å². The first-order valence-corrected chi connectivity index (χ1v) is 13.2. The van der Waals surface area contributed by atoms with Crippen LogP contribution in [0.3, 0.4) is 0 Å². The lowest BCUT2D eigenvalue weighted by Crippen LogP contribution is -2.39. The zero-order valence-corrected chi connectivity index (χ0v) is 21.8. The summed E-state index contributed by atoms with van der Waals surface area (Å²) < 4.78 is 40.4. The summed E-state index contributed by atoms with van der Waals surface area (Å²) in [6.45, 7) is 8.26. The van der Waals surface area contributed by atoms with Crippen molar-refractivity contribution in [2.75, 3.05) is 14.2 Å². The van der Waals surface area contributed by atoms with Gasteiger partial charge in [0.25, 0.3) is 0 Å². The van der Waals surface area contributed by atoms with Gasteiger partial charge in [-0.15, -0.1) is 6.58 Å². The van der Waals surface area contributed by atoms with Gasteiger partial charge in [-0.2, -0.15) is 4.31 Å². The molecule has 0 spiro atoms. The molecule has 3 rings (SSSR count). The van der Waals surface area contributed by atoms with Crippen LogP contribution in [0.1, 0.15) is 41.5 Å². The first-order valence-electron chi connectivity index (χ1n) is 11.7. The van der Waals surface area contributed by atoms with E-state index >= 15 is 0 Å². The molecule has 0 N–H and O–H groups in total. The average molecular weight is 494 g/mol. The fraction of sp³-hybridized carbons (Fsp3) is 0.310. The largest absolute Gasteiger partial charge is 0.497 e. The highest BCUT2D eigenvalue weighted by Crippen LogP contribution is 2.33. The highest BCUT2D eigenvalue weighted by atomic mass is 32.2. The Morgan fingerprint density at radius 2 is 1.34 bits per heavy atom. The monoisotopic (exact) mass is 493 g/mol. The highest BCUT2D eigenvalue weighted by molar-refractivity contribution is 7.89. The molecule has 0 fully saturated rings. The summed E-state index contributed by atoms with van der Waals surface area (Å²) in [6.07, 6.45) is 2.38. The summed E-state index contributed by atoms with van der Waals surface area (Å²) in [5.41, 5.74) is 3.91. The van der Waals surface area contributed by atoms with Crippen molar-refractivity contribution in [2.45, 2.75) is 44.5 Å². The number of hydrogen-bond donors (Lipinski definition) is 0. The van der Waals surface area contributed by atoms with Crippen molar-refractivity contribution in [1.29, 1.82) is 0 Å². The second kappa shape index (κ2) is 12.0. The Morgan fingerprint density at radius 3 is 1.77 bits per heavy atom. The van der Waals surface area contributed by atoms with Crippen LogP contribution in [0.4, 0.5) is 0 Å². The van der Waals surface area contributed by atoms with Crippen LogP contribution in [0, 0.1) is 6.92 Å². The summed E-state index contributed by atoms with van der Waals surface area (Å²) >= 11 is 0. The Balaban J connectivity index is 1.98. The normalized spacial score (nSPS) is 13.3. The Labute approximate surface area is 210 Å². The Morgan fingerprint density at radius 1 is 0.857 bits per heavy atom. The molecule has 0 heterocycles. The molecule has 35 heavy (non-hydrogen) atoms. The van der Waals surface area contributed by atoms with Crippen LogP contribution in [-0.4, -0.2) is 32.2 Å². The molecule has 0 aliphatic heterocycles. The number of ether oxygens (including phenoxy) is 2. The van der Waals surface area contributed by atoms with Gasteiger partial charge < -0.3 is 9.47 Å². The van der Waals surface area contributed by atoms with Crippen molar-refractivity contribution in [1.82, 2.24) is 4.31 Å². The van der Waals surface area contributed by atoms with Crippen molar-refractivity contribution in [3.63, 3.8) is 0 Å². The second-order valence-corrected chi connectivity index (χ2v) is 11.0. The molecule has 0 bridgehead atoms. The van der Waals surface area contributed by atoms with Crippen molar-refractivity contribution in [2.24, 2.45) is 0 Å². The van der Waals surface area contributed by atoms with Gasteiger partial charge in [0.15, 0.2) is 0 Å². The minimum absolute atomic E-state index is 0.201. The summed E-state index contributed by atoms with van der Waals surface area (Å²) in [5, 5.41) is -0.641. The van der Waals surface area contributed by atoms with E-state index in [9.17, 15) is 8.42 Å².